The van der Waals surface area contributed by atoms with Crippen LogP contribution in [0.4, 0.5) is 0 Å². The molecule has 0 atom stereocenters. The van der Waals surface area contributed by atoms with Crippen LogP contribution in [0.25, 0.3) is 0 Å². The second kappa shape index (κ2) is 6.69. The predicted molar refractivity (Wildman–Crippen MR) is 75.9 cm³/mol. The van der Waals surface area contributed by atoms with E-state index in [0.717, 1.165) is 11.3 Å². The summed E-state index contributed by atoms with van der Waals surface area (Å²) in [7, 11) is 0. The van der Waals surface area contributed by atoms with Crippen LogP contribution in [0.1, 0.15) is 21.6 Å². The number of carboxylic acid groups (broad SMARTS) is 1. The fourth-order valence-electron chi connectivity index (χ4n) is 1.66. The molecule has 1 aromatic carbocycles. The Hall–Kier alpha value is -2.63. The summed E-state index contributed by atoms with van der Waals surface area (Å²) in [6, 6.07) is 8.27. The van der Waals surface area contributed by atoms with Gasteiger partial charge in [0.15, 0.2) is 0 Å². The predicted octanol–water partition coefficient (Wildman–Crippen LogP) is 2.25. The summed E-state index contributed by atoms with van der Waals surface area (Å²) in [6.07, 6.45) is 0. The van der Waals surface area contributed by atoms with E-state index in [9.17, 15) is 4.79 Å². The molecule has 0 saturated carbocycles. The monoisotopic (exact) mass is 288 g/mol. The number of nitrogens with zero attached hydrogens (tertiary/aromatic N) is 2. The van der Waals surface area contributed by atoms with Crippen molar-refractivity contribution in [2.75, 3.05) is 13.2 Å². The van der Waals surface area contributed by atoms with Gasteiger partial charge in [0.25, 0.3) is 0 Å². The van der Waals surface area contributed by atoms with Crippen LogP contribution in [0.15, 0.2) is 30.3 Å². The van der Waals surface area contributed by atoms with E-state index in [4.69, 9.17) is 14.6 Å². The van der Waals surface area contributed by atoms with Crippen LogP contribution < -0.4 is 9.47 Å². The van der Waals surface area contributed by atoms with Gasteiger partial charge in [-0.05, 0) is 31.5 Å². The molecule has 21 heavy (non-hydrogen) atoms. The average molecular weight is 288 g/mol. The Balaban J connectivity index is 1.87. The van der Waals surface area contributed by atoms with Crippen LogP contribution in [0, 0.1) is 13.8 Å². The second-order valence-electron chi connectivity index (χ2n) is 4.45. The third kappa shape index (κ3) is 3.92. The standard InChI is InChI=1S/C15H16N2O4/c1-10-9-14(17-16-11(10)2)21-8-7-20-13-6-4-3-5-12(13)15(18)19/h3-6,9H,7-8H2,1-2H3,(H,18,19). The number of aryl methyl sites for hydroxylation is 2. The van der Waals surface area contributed by atoms with Gasteiger partial charge in [0.2, 0.25) is 5.88 Å². The van der Waals surface area contributed by atoms with Crippen molar-refractivity contribution in [3.05, 3.63) is 47.2 Å². The Morgan fingerprint density at radius 2 is 1.86 bits per heavy atom. The van der Waals surface area contributed by atoms with E-state index in [1.54, 1.807) is 24.3 Å². The lowest BCUT2D eigenvalue weighted by Crippen LogP contribution is -2.12. The van der Waals surface area contributed by atoms with E-state index in [1.165, 1.54) is 6.07 Å². The summed E-state index contributed by atoms with van der Waals surface area (Å²) in [5.41, 5.74) is 1.98. The summed E-state index contributed by atoms with van der Waals surface area (Å²) in [6.45, 7) is 4.28. The van der Waals surface area contributed by atoms with Crippen LogP contribution >= 0.6 is 0 Å². The molecule has 0 spiro atoms. The number of rotatable bonds is 6. The maximum atomic E-state index is 11.0. The smallest absolute Gasteiger partial charge is 0.339 e. The quantitative estimate of drug-likeness (QED) is 0.821. The zero-order valence-corrected chi connectivity index (χ0v) is 11.9. The van der Waals surface area contributed by atoms with Crippen molar-refractivity contribution in [2.24, 2.45) is 0 Å². The van der Waals surface area contributed by atoms with Crippen LogP contribution in [-0.4, -0.2) is 34.5 Å². The van der Waals surface area contributed by atoms with Gasteiger partial charge < -0.3 is 14.6 Å². The first-order chi connectivity index (χ1) is 10.1. The number of carbonyl (C=O) groups is 1. The lowest BCUT2D eigenvalue weighted by Gasteiger charge is -2.10. The van der Waals surface area contributed by atoms with Crippen molar-refractivity contribution in [2.45, 2.75) is 13.8 Å². The van der Waals surface area contributed by atoms with Gasteiger partial charge in [0.1, 0.15) is 24.5 Å². The molecule has 0 unspecified atom stereocenters. The number of para-hydroxylation sites is 1. The zero-order valence-electron chi connectivity index (χ0n) is 11.9. The molecule has 1 heterocycles. The Morgan fingerprint density at radius 1 is 1.14 bits per heavy atom. The van der Waals surface area contributed by atoms with Gasteiger partial charge in [0.05, 0.1) is 5.69 Å². The first kappa shape index (κ1) is 14.8. The maximum Gasteiger partial charge on any atom is 0.339 e. The molecule has 0 amide bonds. The molecule has 0 aliphatic carbocycles. The summed E-state index contributed by atoms with van der Waals surface area (Å²) in [4.78, 5) is 11.0. The number of aromatic nitrogens is 2. The first-order valence-corrected chi connectivity index (χ1v) is 6.47. The van der Waals surface area contributed by atoms with Crippen LogP contribution in [-0.2, 0) is 0 Å². The minimum absolute atomic E-state index is 0.128. The maximum absolute atomic E-state index is 11.0. The SMILES string of the molecule is Cc1cc(OCCOc2ccccc2C(=O)O)nnc1C. The number of hydrogen-bond donors (Lipinski definition) is 1. The average Bonchev–Trinajstić information content (AvgIpc) is 2.47. The van der Waals surface area contributed by atoms with Crippen LogP contribution in [0.3, 0.4) is 0 Å². The van der Waals surface area contributed by atoms with E-state index in [0.29, 0.717) is 11.6 Å². The fraction of sp³-hybridized carbons (Fsp3) is 0.267. The Morgan fingerprint density at radius 3 is 2.57 bits per heavy atom. The highest BCUT2D eigenvalue weighted by atomic mass is 16.5. The third-order valence-electron chi connectivity index (χ3n) is 2.92. The molecule has 0 aliphatic heterocycles. The van der Waals surface area contributed by atoms with Gasteiger partial charge >= 0.3 is 5.97 Å². The molecule has 0 saturated heterocycles. The molecule has 110 valence electrons. The normalized spacial score (nSPS) is 10.2. The lowest BCUT2D eigenvalue weighted by atomic mass is 10.2. The number of ether oxygens (including phenoxy) is 2. The Kier molecular flexibility index (Phi) is 4.71. The van der Waals surface area contributed by atoms with Gasteiger partial charge in [-0.3, -0.25) is 0 Å². The molecule has 0 radical (unpaired) electrons. The fourth-order valence-corrected chi connectivity index (χ4v) is 1.66. The Bertz CT molecular complexity index is 643. The molecule has 0 aliphatic rings. The highest BCUT2D eigenvalue weighted by Crippen LogP contribution is 2.17. The molecule has 2 aromatic rings. The molecule has 0 bridgehead atoms. The molecule has 0 fully saturated rings. The van der Waals surface area contributed by atoms with Crippen LogP contribution in [0.5, 0.6) is 11.6 Å². The zero-order chi connectivity index (χ0) is 15.2. The number of carboxylic acids is 1. The molecular weight excluding hydrogens is 272 g/mol. The van der Waals surface area contributed by atoms with E-state index >= 15 is 0 Å². The summed E-state index contributed by atoms with van der Waals surface area (Å²) in [5, 5.41) is 16.9. The van der Waals surface area contributed by atoms with E-state index in [2.05, 4.69) is 10.2 Å². The number of aromatic carboxylic acids is 1. The van der Waals surface area contributed by atoms with Crippen molar-refractivity contribution in [3.8, 4) is 11.6 Å². The summed E-state index contributed by atoms with van der Waals surface area (Å²) in [5.74, 6) is -0.278. The van der Waals surface area contributed by atoms with Crippen molar-refractivity contribution in [1.29, 1.82) is 0 Å². The minimum atomic E-state index is -1.02. The number of hydrogen-bond acceptors (Lipinski definition) is 5. The molecule has 1 aromatic heterocycles. The van der Waals surface area contributed by atoms with Crippen molar-refractivity contribution in [3.63, 3.8) is 0 Å². The van der Waals surface area contributed by atoms with Gasteiger partial charge in [-0.15, -0.1) is 5.10 Å². The molecule has 6 nitrogen and oxygen atoms in total. The largest absolute Gasteiger partial charge is 0.489 e. The first-order valence-electron chi connectivity index (χ1n) is 6.47. The summed E-state index contributed by atoms with van der Waals surface area (Å²) >= 11 is 0. The van der Waals surface area contributed by atoms with Gasteiger partial charge in [-0.25, -0.2) is 4.79 Å². The lowest BCUT2D eigenvalue weighted by molar-refractivity contribution is 0.0691. The van der Waals surface area contributed by atoms with E-state index in [-0.39, 0.29) is 18.8 Å². The van der Waals surface area contributed by atoms with Gasteiger partial charge in [-0.1, -0.05) is 12.1 Å². The highest BCUT2D eigenvalue weighted by Gasteiger charge is 2.09. The van der Waals surface area contributed by atoms with E-state index < -0.39 is 5.97 Å². The number of benzene rings is 1. The van der Waals surface area contributed by atoms with Gasteiger partial charge in [0, 0.05) is 6.07 Å². The van der Waals surface area contributed by atoms with Crippen molar-refractivity contribution in [1.82, 2.24) is 10.2 Å². The molecule has 2 rings (SSSR count). The van der Waals surface area contributed by atoms with Crippen LogP contribution in [0.2, 0.25) is 0 Å². The van der Waals surface area contributed by atoms with Gasteiger partial charge in [-0.2, -0.15) is 5.10 Å². The van der Waals surface area contributed by atoms with Crippen molar-refractivity contribution >= 4 is 5.97 Å². The molecule has 1 N–H and O–H groups in total. The molecular formula is C15H16N2O4. The topological polar surface area (TPSA) is 81.5 Å². The Labute approximate surface area is 122 Å². The third-order valence-corrected chi connectivity index (χ3v) is 2.92. The second-order valence-corrected chi connectivity index (χ2v) is 4.45. The minimum Gasteiger partial charge on any atom is -0.489 e. The van der Waals surface area contributed by atoms with Crippen molar-refractivity contribution < 1.29 is 19.4 Å². The van der Waals surface area contributed by atoms with E-state index in [1.807, 2.05) is 13.8 Å². The highest BCUT2D eigenvalue weighted by molar-refractivity contribution is 5.90. The molecule has 6 heteroatoms. The summed E-state index contributed by atoms with van der Waals surface area (Å²) < 4.78 is 10.8.